The molecule has 1 amide bonds. The van der Waals surface area contributed by atoms with Crippen molar-refractivity contribution >= 4 is 40.5 Å². The van der Waals surface area contributed by atoms with E-state index in [4.69, 9.17) is 16.3 Å². The molecule has 27 heavy (non-hydrogen) atoms. The van der Waals surface area contributed by atoms with Crippen LogP contribution in [0, 0.1) is 0 Å². The number of carbonyl (C=O) groups is 2. The lowest BCUT2D eigenvalue weighted by molar-refractivity contribution is -0.144. The van der Waals surface area contributed by atoms with Gasteiger partial charge in [0.05, 0.1) is 7.11 Å². The molecular weight excluding hydrogens is 364 g/mol. The summed E-state index contributed by atoms with van der Waals surface area (Å²) in [6.45, 7) is 0. The van der Waals surface area contributed by atoms with Crippen LogP contribution in [0.3, 0.4) is 0 Å². The van der Waals surface area contributed by atoms with Crippen LogP contribution in [0.1, 0.15) is 11.1 Å². The van der Waals surface area contributed by atoms with Gasteiger partial charge in [-0.25, -0.2) is 4.79 Å². The Labute approximate surface area is 162 Å². The number of hydrogen-bond donors (Lipinski definition) is 2. The quantitative estimate of drug-likeness (QED) is 0.504. The number of ether oxygens (including phenoxy) is 1. The molecule has 3 rings (SSSR count). The van der Waals surface area contributed by atoms with E-state index in [-0.39, 0.29) is 5.91 Å². The number of aromatic amines is 1. The highest BCUT2D eigenvalue weighted by atomic mass is 35.5. The highest BCUT2D eigenvalue weighted by Crippen LogP contribution is 2.19. The molecule has 1 unspecified atom stereocenters. The minimum absolute atomic E-state index is 0.327. The fourth-order valence-electron chi connectivity index (χ4n) is 2.86. The van der Waals surface area contributed by atoms with Gasteiger partial charge in [0.2, 0.25) is 5.91 Å². The Balaban J connectivity index is 1.73. The summed E-state index contributed by atoms with van der Waals surface area (Å²) in [5.74, 6) is -0.880. The van der Waals surface area contributed by atoms with Crippen LogP contribution in [0.25, 0.3) is 17.0 Å². The lowest BCUT2D eigenvalue weighted by Crippen LogP contribution is -2.42. The van der Waals surface area contributed by atoms with Crippen molar-refractivity contribution in [2.24, 2.45) is 0 Å². The Morgan fingerprint density at radius 3 is 2.81 bits per heavy atom. The lowest BCUT2D eigenvalue weighted by Gasteiger charge is -2.15. The van der Waals surface area contributed by atoms with Crippen molar-refractivity contribution in [3.63, 3.8) is 0 Å². The molecule has 1 heterocycles. The first-order chi connectivity index (χ1) is 13.1. The second-order valence-corrected chi connectivity index (χ2v) is 6.47. The zero-order valence-electron chi connectivity index (χ0n) is 14.7. The molecule has 1 aromatic heterocycles. The Morgan fingerprint density at radius 2 is 2.04 bits per heavy atom. The van der Waals surface area contributed by atoms with Gasteiger partial charge in [0.1, 0.15) is 6.04 Å². The van der Waals surface area contributed by atoms with Gasteiger partial charge < -0.3 is 15.0 Å². The average molecular weight is 383 g/mol. The Morgan fingerprint density at radius 1 is 1.22 bits per heavy atom. The first kappa shape index (κ1) is 18.7. The summed E-state index contributed by atoms with van der Waals surface area (Å²) in [5, 5.41) is 4.31. The Bertz CT molecular complexity index is 994. The highest BCUT2D eigenvalue weighted by molar-refractivity contribution is 6.30. The van der Waals surface area contributed by atoms with E-state index in [0.29, 0.717) is 11.4 Å². The monoisotopic (exact) mass is 382 g/mol. The van der Waals surface area contributed by atoms with Crippen molar-refractivity contribution in [2.75, 3.05) is 7.11 Å². The number of fused-ring (bicyclic) bond motifs is 1. The predicted molar refractivity (Wildman–Crippen MR) is 106 cm³/mol. The Hall–Kier alpha value is -3.05. The summed E-state index contributed by atoms with van der Waals surface area (Å²) >= 11 is 5.93. The van der Waals surface area contributed by atoms with Gasteiger partial charge in [-0.2, -0.15) is 0 Å². The fraction of sp³-hybridized carbons (Fsp3) is 0.143. The summed E-state index contributed by atoms with van der Waals surface area (Å²) in [5.41, 5.74) is 2.70. The summed E-state index contributed by atoms with van der Waals surface area (Å²) in [6, 6.07) is 14.1. The van der Waals surface area contributed by atoms with Crippen molar-refractivity contribution in [1.82, 2.24) is 10.3 Å². The molecule has 0 saturated heterocycles. The van der Waals surface area contributed by atoms with Crippen molar-refractivity contribution in [3.8, 4) is 0 Å². The highest BCUT2D eigenvalue weighted by Gasteiger charge is 2.22. The molecule has 0 saturated carbocycles. The third kappa shape index (κ3) is 4.77. The van der Waals surface area contributed by atoms with Crippen LogP contribution in [0.15, 0.2) is 60.8 Å². The molecule has 0 aliphatic heterocycles. The molecule has 138 valence electrons. The molecule has 0 radical (unpaired) electrons. The van der Waals surface area contributed by atoms with Gasteiger partial charge in [-0.3, -0.25) is 4.79 Å². The van der Waals surface area contributed by atoms with E-state index < -0.39 is 12.0 Å². The summed E-state index contributed by atoms with van der Waals surface area (Å²) in [6.07, 6.45) is 5.18. The van der Waals surface area contributed by atoms with Crippen LogP contribution >= 0.6 is 11.6 Å². The summed E-state index contributed by atoms with van der Waals surface area (Å²) in [4.78, 5) is 27.6. The molecule has 2 aromatic carbocycles. The van der Waals surface area contributed by atoms with E-state index in [0.717, 1.165) is 22.0 Å². The molecule has 5 nitrogen and oxygen atoms in total. The fourth-order valence-corrected chi connectivity index (χ4v) is 3.06. The van der Waals surface area contributed by atoms with E-state index in [9.17, 15) is 9.59 Å². The summed E-state index contributed by atoms with van der Waals surface area (Å²) in [7, 11) is 1.30. The van der Waals surface area contributed by atoms with Crippen LogP contribution < -0.4 is 5.32 Å². The smallest absolute Gasteiger partial charge is 0.328 e. The molecular formula is C21H19ClN2O3. The standard InChI is InChI=1S/C21H19ClN2O3/c1-27-21(26)19(12-15-13-23-18-8-3-2-7-17(15)18)24-20(25)10-9-14-5-4-6-16(22)11-14/h2-11,13,19,23H,12H2,1H3,(H,24,25)/b10-9+. The van der Waals surface area contributed by atoms with Gasteiger partial charge in [0.15, 0.2) is 0 Å². The number of halogens is 1. The molecule has 0 aliphatic carbocycles. The Kier molecular flexibility index (Phi) is 5.94. The zero-order valence-corrected chi connectivity index (χ0v) is 15.5. The van der Waals surface area contributed by atoms with Crippen LogP contribution in [-0.4, -0.2) is 30.0 Å². The molecule has 0 fully saturated rings. The van der Waals surface area contributed by atoms with Crippen molar-refractivity contribution in [3.05, 3.63) is 77.0 Å². The number of hydrogen-bond acceptors (Lipinski definition) is 3. The first-order valence-corrected chi connectivity index (χ1v) is 8.81. The number of H-pyrrole nitrogens is 1. The summed E-state index contributed by atoms with van der Waals surface area (Å²) < 4.78 is 4.85. The van der Waals surface area contributed by atoms with Crippen molar-refractivity contribution in [2.45, 2.75) is 12.5 Å². The van der Waals surface area contributed by atoms with E-state index in [1.165, 1.54) is 13.2 Å². The number of benzene rings is 2. The number of rotatable bonds is 6. The molecule has 3 aromatic rings. The topological polar surface area (TPSA) is 71.2 Å². The number of carbonyl (C=O) groups excluding carboxylic acids is 2. The number of esters is 1. The van der Waals surface area contributed by atoms with Crippen LogP contribution in [-0.2, 0) is 20.7 Å². The molecule has 1 atom stereocenters. The third-order valence-electron chi connectivity index (χ3n) is 4.18. The number of methoxy groups -OCH3 is 1. The van der Waals surface area contributed by atoms with E-state index in [2.05, 4.69) is 10.3 Å². The largest absolute Gasteiger partial charge is 0.467 e. The van der Waals surface area contributed by atoms with E-state index >= 15 is 0 Å². The normalized spacial score (nSPS) is 12.2. The number of nitrogens with one attached hydrogen (secondary N) is 2. The lowest BCUT2D eigenvalue weighted by atomic mass is 10.0. The predicted octanol–water partition coefficient (Wildman–Crippen LogP) is 3.74. The molecule has 0 spiro atoms. The minimum atomic E-state index is -0.786. The minimum Gasteiger partial charge on any atom is -0.467 e. The van der Waals surface area contributed by atoms with Crippen molar-refractivity contribution in [1.29, 1.82) is 0 Å². The van der Waals surface area contributed by atoms with E-state index in [1.807, 2.05) is 36.5 Å². The number of amides is 1. The second kappa shape index (κ2) is 8.56. The van der Waals surface area contributed by atoms with E-state index in [1.54, 1.807) is 24.3 Å². The third-order valence-corrected chi connectivity index (χ3v) is 4.41. The molecule has 6 heteroatoms. The first-order valence-electron chi connectivity index (χ1n) is 8.44. The van der Waals surface area contributed by atoms with Gasteiger partial charge in [-0.05, 0) is 35.4 Å². The maximum Gasteiger partial charge on any atom is 0.328 e. The number of para-hydroxylation sites is 1. The molecule has 0 bridgehead atoms. The van der Waals surface area contributed by atoms with Gasteiger partial charge in [0, 0.05) is 34.6 Å². The average Bonchev–Trinajstić information content (AvgIpc) is 3.08. The maximum absolute atomic E-state index is 12.3. The van der Waals surface area contributed by atoms with Crippen LogP contribution in [0.5, 0.6) is 0 Å². The zero-order chi connectivity index (χ0) is 19.2. The van der Waals surface area contributed by atoms with Gasteiger partial charge in [0.25, 0.3) is 0 Å². The molecule has 0 aliphatic rings. The SMILES string of the molecule is COC(=O)C(Cc1c[nH]c2ccccc12)NC(=O)/C=C/c1cccc(Cl)c1. The van der Waals surface area contributed by atoms with Gasteiger partial charge in [-0.15, -0.1) is 0 Å². The van der Waals surface area contributed by atoms with Gasteiger partial charge in [-0.1, -0.05) is 41.9 Å². The second-order valence-electron chi connectivity index (χ2n) is 6.04. The molecule has 2 N–H and O–H groups in total. The van der Waals surface area contributed by atoms with Crippen LogP contribution in [0.2, 0.25) is 5.02 Å². The van der Waals surface area contributed by atoms with Crippen molar-refractivity contribution < 1.29 is 14.3 Å². The van der Waals surface area contributed by atoms with Crippen LogP contribution in [0.4, 0.5) is 0 Å². The van der Waals surface area contributed by atoms with Gasteiger partial charge >= 0.3 is 5.97 Å². The number of aromatic nitrogens is 1. The maximum atomic E-state index is 12.3.